The van der Waals surface area contributed by atoms with Crippen molar-refractivity contribution in [1.29, 1.82) is 0 Å². The first-order valence-corrected chi connectivity index (χ1v) is 10.5. The Morgan fingerprint density at radius 2 is 1.62 bits per heavy atom. The number of rotatable bonds is 4. The first kappa shape index (κ1) is 20.0. The van der Waals surface area contributed by atoms with E-state index in [1.165, 1.54) is 0 Å². The topological polar surface area (TPSA) is 46.4 Å². The number of carbonyl (C=O) groups is 1. The van der Waals surface area contributed by atoms with Crippen molar-refractivity contribution in [3.8, 4) is 22.5 Å². The molecule has 29 heavy (non-hydrogen) atoms. The van der Waals surface area contributed by atoms with Crippen LogP contribution in [0.2, 0.25) is 10.0 Å². The molecule has 0 aliphatic carbocycles. The van der Waals surface area contributed by atoms with Crippen LogP contribution < -0.4 is 5.32 Å². The lowest BCUT2D eigenvalue weighted by Crippen LogP contribution is -2.23. The van der Waals surface area contributed by atoms with Gasteiger partial charge in [0.15, 0.2) is 5.65 Å². The maximum Gasteiger partial charge on any atom is 0.252 e. The SMILES string of the molecule is CCNC(=O)c1cc(Br)c2nc(-c3ccc(Cl)cc3)c(-c3ccc(Cl)cc3)n2c1. The number of hydrogen-bond donors (Lipinski definition) is 1. The summed E-state index contributed by atoms with van der Waals surface area (Å²) in [5.41, 5.74) is 4.78. The molecule has 0 saturated heterocycles. The lowest BCUT2D eigenvalue weighted by molar-refractivity contribution is 0.0955. The molecule has 2 aromatic carbocycles. The summed E-state index contributed by atoms with van der Waals surface area (Å²) in [5, 5.41) is 4.15. The number of nitrogens with zero attached hydrogens (tertiary/aromatic N) is 2. The van der Waals surface area contributed by atoms with Crippen molar-refractivity contribution in [2.45, 2.75) is 6.92 Å². The highest BCUT2D eigenvalue weighted by atomic mass is 79.9. The summed E-state index contributed by atoms with van der Waals surface area (Å²) in [6, 6.07) is 16.9. The number of fused-ring (bicyclic) bond motifs is 1. The molecule has 1 N–H and O–H groups in total. The van der Waals surface area contributed by atoms with Crippen LogP contribution in [0, 0.1) is 0 Å². The van der Waals surface area contributed by atoms with E-state index < -0.39 is 0 Å². The molecule has 0 radical (unpaired) electrons. The molecule has 0 saturated carbocycles. The molecule has 0 unspecified atom stereocenters. The number of amides is 1. The Morgan fingerprint density at radius 1 is 1.03 bits per heavy atom. The first-order valence-electron chi connectivity index (χ1n) is 8.99. The Balaban J connectivity index is 2.02. The second kappa shape index (κ2) is 8.19. The van der Waals surface area contributed by atoms with Crippen LogP contribution in [-0.4, -0.2) is 21.8 Å². The quantitative estimate of drug-likeness (QED) is 0.357. The average molecular weight is 489 g/mol. The molecule has 0 spiro atoms. The molecule has 0 atom stereocenters. The number of imidazole rings is 1. The van der Waals surface area contributed by atoms with Crippen molar-refractivity contribution in [1.82, 2.24) is 14.7 Å². The lowest BCUT2D eigenvalue weighted by atomic mass is 10.0. The minimum absolute atomic E-state index is 0.140. The number of aromatic nitrogens is 2. The van der Waals surface area contributed by atoms with E-state index >= 15 is 0 Å². The van der Waals surface area contributed by atoms with Crippen LogP contribution in [0.3, 0.4) is 0 Å². The summed E-state index contributed by atoms with van der Waals surface area (Å²) < 4.78 is 2.67. The minimum Gasteiger partial charge on any atom is -0.352 e. The zero-order chi connectivity index (χ0) is 20.5. The van der Waals surface area contributed by atoms with Gasteiger partial charge < -0.3 is 5.32 Å². The molecule has 0 aliphatic rings. The molecule has 4 nitrogen and oxygen atoms in total. The number of carbonyl (C=O) groups excluding carboxylic acids is 1. The largest absolute Gasteiger partial charge is 0.352 e. The number of halogens is 3. The molecular formula is C22H16BrCl2N3O. The molecule has 0 aliphatic heterocycles. The third kappa shape index (κ3) is 3.90. The van der Waals surface area contributed by atoms with Crippen molar-refractivity contribution >= 4 is 50.7 Å². The smallest absolute Gasteiger partial charge is 0.252 e. The molecule has 0 fully saturated rings. The number of pyridine rings is 1. The maximum atomic E-state index is 12.4. The fraction of sp³-hybridized carbons (Fsp3) is 0.0909. The van der Waals surface area contributed by atoms with E-state index in [2.05, 4.69) is 21.2 Å². The highest BCUT2D eigenvalue weighted by Crippen LogP contribution is 2.36. The van der Waals surface area contributed by atoms with Gasteiger partial charge in [-0.15, -0.1) is 0 Å². The van der Waals surface area contributed by atoms with E-state index in [1.807, 2.05) is 59.9 Å². The maximum absolute atomic E-state index is 12.4. The predicted octanol–water partition coefficient (Wildman–Crippen LogP) is 6.49. The summed E-state index contributed by atoms with van der Waals surface area (Å²) in [4.78, 5) is 17.3. The molecule has 1 amide bonds. The van der Waals surface area contributed by atoms with Crippen LogP contribution in [0.5, 0.6) is 0 Å². The van der Waals surface area contributed by atoms with Gasteiger partial charge in [0.1, 0.15) is 0 Å². The summed E-state index contributed by atoms with van der Waals surface area (Å²) in [6.45, 7) is 2.44. The molecule has 0 bridgehead atoms. The van der Waals surface area contributed by atoms with Crippen molar-refractivity contribution in [3.05, 3.63) is 80.9 Å². The summed E-state index contributed by atoms with van der Waals surface area (Å²) >= 11 is 15.7. The third-order valence-electron chi connectivity index (χ3n) is 4.51. The Morgan fingerprint density at radius 3 is 2.21 bits per heavy atom. The van der Waals surface area contributed by atoms with Gasteiger partial charge in [-0.3, -0.25) is 9.20 Å². The summed E-state index contributed by atoms with van der Waals surface area (Å²) in [6.07, 6.45) is 1.81. The number of benzene rings is 2. The van der Waals surface area contributed by atoms with Gasteiger partial charge in [-0.05, 0) is 53.2 Å². The average Bonchev–Trinajstić information content (AvgIpc) is 3.09. The first-order chi connectivity index (χ1) is 14.0. The van der Waals surface area contributed by atoms with Crippen molar-refractivity contribution in [3.63, 3.8) is 0 Å². The van der Waals surface area contributed by atoms with Crippen LogP contribution in [0.1, 0.15) is 17.3 Å². The molecule has 2 aromatic heterocycles. The second-order valence-electron chi connectivity index (χ2n) is 6.45. The van der Waals surface area contributed by atoms with Gasteiger partial charge in [0.2, 0.25) is 0 Å². The Bertz CT molecular complexity index is 1200. The predicted molar refractivity (Wildman–Crippen MR) is 122 cm³/mol. The Labute approximate surface area is 186 Å². The van der Waals surface area contributed by atoms with E-state index in [4.69, 9.17) is 28.2 Å². The van der Waals surface area contributed by atoms with Crippen LogP contribution in [0.4, 0.5) is 0 Å². The van der Waals surface area contributed by atoms with Crippen LogP contribution in [-0.2, 0) is 0 Å². The van der Waals surface area contributed by atoms with Crippen molar-refractivity contribution < 1.29 is 4.79 Å². The van der Waals surface area contributed by atoms with Gasteiger partial charge in [-0.1, -0.05) is 47.5 Å². The second-order valence-corrected chi connectivity index (χ2v) is 8.18. The molecule has 7 heteroatoms. The van der Waals surface area contributed by atoms with Crippen molar-refractivity contribution in [2.24, 2.45) is 0 Å². The molecule has 4 rings (SSSR count). The zero-order valence-electron chi connectivity index (χ0n) is 15.4. The van der Waals surface area contributed by atoms with Gasteiger partial charge in [-0.2, -0.15) is 0 Å². The highest BCUT2D eigenvalue weighted by Gasteiger charge is 2.19. The standard InChI is InChI=1S/C22H16BrCl2N3O/c1-2-26-22(29)15-11-18(23)21-27-19(13-3-7-16(24)8-4-13)20(28(21)12-15)14-5-9-17(25)10-6-14/h3-12H,2H2,1H3,(H,26,29). The molecular weight excluding hydrogens is 473 g/mol. The fourth-order valence-electron chi connectivity index (χ4n) is 3.18. The molecule has 146 valence electrons. The normalized spacial score (nSPS) is 11.0. The van der Waals surface area contributed by atoms with E-state index in [9.17, 15) is 4.79 Å². The van der Waals surface area contributed by atoms with Gasteiger partial charge in [0.05, 0.1) is 21.4 Å². The van der Waals surface area contributed by atoms with E-state index in [0.29, 0.717) is 27.8 Å². The van der Waals surface area contributed by atoms with Gasteiger partial charge in [0.25, 0.3) is 5.91 Å². The monoisotopic (exact) mass is 487 g/mol. The number of hydrogen-bond acceptors (Lipinski definition) is 2. The lowest BCUT2D eigenvalue weighted by Gasteiger charge is -2.09. The number of nitrogens with one attached hydrogen (secondary N) is 1. The van der Waals surface area contributed by atoms with E-state index in [-0.39, 0.29) is 5.91 Å². The third-order valence-corrected chi connectivity index (χ3v) is 5.60. The van der Waals surface area contributed by atoms with E-state index in [0.717, 1.165) is 27.0 Å². The van der Waals surface area contributed by atoms with Gasteiger partial charge >= 0.3 is 0 Å². The van der Waals surface area contributed by atoms with E-state index in [1.54, 1.807) is 12.3 Å². The van der Waals surface area contributed by atoms with Gasteiger partial charge in [0, 0.05) is 33.9 Å². The van der Waals surface area contributed by atoms with Crippen LogP contribution in [0.15, 0.2) is 65.3 Å². The summed E-state index contributed by atoms with van der Waals surface area (Å²) in [5.74, 6) is -0.140. The van der Waals surface area contributed by atoms with Crippen LogP contribution >= 0.6 is 39.1 Å². The minimum atomic E-state index is -0.140. The van der Waals surface area contributed by atoms with Gasteiger partial charge in [-0.25, -0.2) is 4.98 Å². The Hall–Kier alpha value is -2.34. The molecule has 2 heterocycles. The molecule has 4 aromatic rings. The Kier molecular flexibility index (Phi) is 5.63. The fourth-order valence-corrected chi connectivity index (χ4v) is 3.96. The zero-order valence-corrected chi connectivity index (χ0v) is 18.5. The summed E-state index contributed by atoms with van der Waals surface area (Å²) in [7, 11) is 0. The van der Waals surface area contributed by atoms with Crippen molar-refractivity contribution in [2.75, 3.05) is 6.54 Å². The highest BCUT2D eigenvalue weighted by molar-refractivity contribution is 9.10. The van der Waals surface area contributed by atoms with Crippen LogP contribution in [0.25, 0.3) is 28.2 Å².